The second-order valence-electron chi connectivity index (χ2n) is 27.9. The molecule has 0 heterocycles. The number of phosphoric acid groups is 2. The number of esters is 4. The van der Waals surface area contributed by atoms with Gasteiger partial charge in [-0.25, -0.2) is 9.13 Å². The van der Waals surface area contributed by atoms with Crippen molar-refractivity contribution in [3.63, 3.8) is 0 Å². The number of unbranched alkanes of at least 4 members (excludes halogenated alkanes) is 43. The van der Waals surface area contributed by atoms with Gasteiger partial charge in [0.15, 0.2) is 12.2 Å². The Morgan fingerprint density at radius 2 is 0.505 bits per heavy atom. The minimum Gasteiger partial charge on any atom is -0.462 e. The highest BCUT2D eigenvalue weighted by Crippen LogP contribution is 2.45. The standard InChI is InChI=1S/C76H148O17P2/c1-7-11-13-15-17-19-21-23-24-25-26-27-29-31-37-41-49-55-61-75(80)92-71(64-86-73(78)58-52-46-39-35-33-32-34-38-44-50-56-68(5)9-3)66-90-94(82,83)88-62-70(77)63-89-95(84,85)91-67-72(65-87-74(79)59-53-47-43-42-45-51-57-69(6)10-4)93-76(81)60-54-48-40-36-30-28-22-20-18-16-14-12-8-2/h68-72,77H,7-67H2,1-6H3,(H,82,83)(H,84,85)/t68?,69?,70-,71-,72-/m1/s1. The van der Waals surface area contributed by atoms with E-state index in [4.69, 9.17) is 37.0 Å². The molecule has 0 aromatic rings. The second-order valence-corrected chi connectivity index (χ2v) is 30.8. The molecule has 19 heteroatoms. The average Bonchev–Trinajstić information content (AvgIpc) is 2.70. The Morgan fingerprint density at radius 3 is 0.747 bits per heavy atom. The number of carbonyl (C=O) groups excluding carboxylic acids is 4. The van der Waals surface area contributed by atoms with Crippen LogP contribution in [-0.4, -0.2) is 96.7 Å². The van der Waals surface area contributed by atoms with Gasteiger partial charge >= 0.3 is 39.5 Å². The van der Waals surface area contributed by atoms with Gasteiger partial charge < -0.3 is 33.8 Å². The van der Waals surface area contributed by atoms with Crippen LogP contribution < -0.4 is 0 Å². The Labute approximate surface area is 581 Å². The van der Waals surface area contributed by atoms with Crippen LogP contribution in [0.5, 0.6) is 0 Å². The zero-order valence-electron chi connectivity index (χ0n) is 62.0. The fourth-order valence-electron chi connectivity index (χ4n) is 11.6. The van der Waals surface area contributed by atoms with Crippen LogP contribution in [0, 0.1) is 11.8 Å². The molecule has 17 nitrogen and oxygen atoms in total. The predicted octanol–water partition coefficient (Wildman–Crippen LogP) is 22.3. The molecule has 0 aliphatic carbocycles. The van der Waals surface area contributed by atoms with Crippen molar-refractivity contribution >= 4 is 39.5 Å². The third kappa shape index (κ3) is 67.6. The van der Waals surface area contributed by atoms with Crippen molar-refractivity contribution in [3.8, 4) is 0 Å². The van der Waals surface area contributed by atoms with Gasteiger partial charge in [-0.1, -0.05) is 343 Å². The third-order valence-electron chi connectivity index (χ3n) is 18.4. The molecule has 0 aromatic carbocycles. The number of ether oxygens (including phenoxy) is 4. The number of phosphoric ester groups is 2. The maximum atomic E-state index is 13.1. The molecule has 0 aliphatic heterocycles. The Bertz CT molecular complexity index is 1840. The summed E-state index contributed by atoms with van der Waals surface area (Å²) in [7, 11) is -9.91. The van der Waals surface area contributed by atoms with E-state index < -0.39 is 97.5 Å². The van der Waals surface area contributed by atoms with Crippen LogP contribution in [0.2, 0.25) is 0 Å². The fraction of sp³-hybridized carbons (Fsp3) is 0.947. The second kappa shape index (κ2) is 67.9. The molecule has 0 amide bonds. The zero-order valence-corrected chi connectivity index (χ0v) is 63.8. The molecule has 0 saturated heterocycles. The summed E-state index contributed by atoms with van der Waals surface area (Å²) in [6.45, 7) is 9.59. The number of rotatable bonds is 75. The highest BCUT2D eigenvalue weighted by atomic mass is 31.2. The van der Waals surface area contributed by atoms with Gasteiger partial charge in [0.25, 0.3) is 0 Å². The Morgan fingerprint density at radius 1 is 0.295 bits per heavy atom. The molecular weight excluding hydrogens is 1250 g/mol. The Balaban J connectivity index is 5.25. The molecule has 4 unspecified atom stereocenters. The van der Waals surface area contributed by atoms with Gasteiger partial charge in [-0.05, 0) is 37.5 Å². The topological polar surface area (TPSA) is 237 Å². The van der Waals surface area contributed by atoms with E-state index in [1.165, 1.54) is 205 Å². The molecule has 0 rings (SSSR count). The largest absolute Gasteiger partial charge is 0.472 e. The van der Waals surface area contributed by atoms with E-state index in [9.17, 15) is 43.2 Å². The van der Waals surface area contributed by atoms with Gasteiger partial charge in [-0.2, -0.15) is 0 Å². The van der Waals surface area contributed by atoms with Crippen molar-refractivity contribution in [2.24, 2.45) is 11.8 Å². The summed E-state index contributed by atoms with van der Waals surface area (Å²) in [6.07, 6.45) is 55.4. The number of aliphatic hydroxyl groups excluding tert-OH is 1. The number of hydrogen-bond donors (Lipinski definition) is 3. The van der Waals surface area contributed by atoms with E-state index in [1.54, 1.807) is 0 Å². The number of hydrogen-bond acceptors (Lipinski definition) is 15. The smallest absolute Gasteiger partial charge is 0.462 e. The van der Waals surface area contributed by atoms with E-state index in [0.717, 1.165) is 108 Å². The molecule has 0 saturated carbocycles. The zero-order chi connectivity index (χ0) is 70.0. The first-order chi connectivity index (χ1) is 45.9. The first-order valence-electron chi connectivity index (χ1n) is 39.6. The maximum absolute atomic E-state index is 13.1. The molecule has 0 fully saturated rings. The first-order valence-corrected chi connectivity index (χ1v) is 42.6. The van der Waals surface area contributed by atoms with Gasteiger partial charge in [0.2, 0.25) is 0 Å². The Kier molecular flexibility index (Phi) is 66.5. The average molecular weight is 1400 g/mol. The van der Waals surface area contributed by atoms with Gasteiger partial charge in [0.1, 0.15) is 19.3 Å². The number of aliphatic hydroxyl groups is 1. The summed E-state index contributed by atoms with van der Waals surface area (Å²) in [6, 6.07) is 0. The molecule has 95 heavy (non-hydrogen) atoms. The molecule has 0 bridgehead atoms. The van der Waals surface area contributed by atoms with Crippen molar-refractivity contribution in [2.75, 3.05) is 39.6 Å². The minimum atomic E-state index is -4.96. The van der Waals surface area contributed by atoms with Gasteiger partial charge in [0, 0.05) is 25.7 Å². The number of carbonyl (C=O) groups is 4. The lowest BCUT2D eigenvalue weighted by Crippen LogP contribution is -2.30. The van der Waals surface area contributed by atoms with Crippen LogP contribution in [0.25, 0.3) is 0 Å². The molecule has 0 aromatic heterocycles. The first kappa shape index (κ1) is 93.1. The van der Waals surface area contributed by atoms with E-state index in [-0.39, 0.29) is 25.7 Å². The summed E-state index contributed by atoms with van der Waals surface area (Å²) in [4.78, 5) is 72.8. The van der Waals surface area contributed by atoms with Crippen molar-refractivity contribution in [3.05, 3.63) is 0 Å². The summed E-state index contributed by atoms with van der Waals surface area (Å²) >= 11 is 0. The van der Waals surface area contributed by atoms with Gasteiger partial charge in [-0.3, -0.25) is 37.3 Å². The summed E-state index contributed by atoms with van der Waals surface area (Å²) in [5.74, 6) is -0.575. The van der Waals surface area contributed by atoms with E-state index in [0.29, 0.717) is 25.7 Å². The van der Waals surface area contributed by atoms with E-state index in [2.05, 4.69) is 41.5 Å². The van der Waals surface area contributed by atoms with Crippen LogP contribution in [0.4, 0.5) is 0 Å². The molecule has 0 radical (unpaired) electrons. The Hall–Kier alpha value is -1.94. The summed E-state index contributed by atoms with van der Waals surface area (Å²) in [5, 5.41) is 10.6. The monoisotopic (exact) mass is 1400 g/mol. The summed E-state index contributed by atoms with van der Waals surface area (Å²) in [5.41, 5.74) is 0. The molecular formula is C76H148O17P2. The van der Waals surface area contributed by atoms with E-state index in [1.807, 2.05) is 0 Å². The van der Waals surface area contributed by atoms with Crippen LogP contribution >= 0.6 is 15.6 Å². The SMILES string of the molecule is CCCCCCCCCCCCCCCCCCCCC(=O)O[C@H](COC(=O)CCCCCCCCCCCCC(C)CC)COP(=O)(O)OC[C@@H](O)COP(=O)(O)OC[C@@H](COC(=O)CCCCCCCCC(C)CC)OC(=O)CCCCCCCCCCCCCCC. The molecule has 7 atom stereocenters. The molecule has 3 N–H and O–H groups in total. The van der Waals surface area contributed by atoms with Crippen LogP contribution in [0.1, 0.15) is 395 Å². The van der Waals surface area contributed by atoms with Gasteiger partial charge in [0.05, 0.1) is 26.4 Å². The quantitative estimate of drug-likeness (QED) is 0.0222. The van der Waals surface area contributed by atoms with Crippen LogP contribution in [-0.2, 0) is 65.4 Å². The molecule has 564 valence electrons. The van der Waals surface area contributed by atoms with Crippen molar-refractivity contribution < 1.29 is 80.2 Å². The molecule has 0 spiro atoms. The lowest BCUT2D eigenvalue weighted by atomic mass is 9.99. The highest BCUT2D eigenvalue weighted by molar-refractivity contribution is 7.47. The minimum absolute atomic E-state index is 0.107. The highest BCUT2D eigenvalue weighted by Gasteiger charge is 2.30. The maximum Gasteiger partial charge on any atom is 0.472 e. The summed E-state index contributed by atoms with van der Waals surface area (Å²) < 4.78 is 68.5. The lowest BCUT2D eigenvalue weighted by Gasteiger charge is -2.21. The molecule has 0 aliphatic rings. The van der Waals surface area contributed by atoms with Crippen molar-refractivity contribution in [2.45, 2.75) is 413 Å². The van der Waals surface area contributed by atoms with Crippen LogP contribution in [0.3, 0.4) is 0 Å². The van der Waals surface area contributed by atoms with Gasteiger partial charge in [-0.15, -0.1) is 0 Å². The van der Waals surface area contributed by atoms with Crippen LogP contribution in [0.15, 0.2) is 0 Å². The fourth-order valence-corrected chi connectivity index (χ4v) is 13.2. The van der Waals surface area contributed by atoms with Crippen molar-refractivity contribution in [1.29, 1.82) is 0 Å². The predicted molar refractivity (Wildman–Crippen MR) is 386 cm³/mol. The van der Waals surface area contributed by atoms with E-state index >= 15 is 0 Å². The van der Waals surface area contributed by atoms with Crippen molar-refractivity contribution in [1.82, 2.24) is 0 Å². The third-order valence-corrected chi connectivity index (χ3v) is 20.3. The normalized spacial score (nSPS) is 14.6. The lowest BCUT2D eigenvalue weighted by molar-refractivity contribution is -0.161.